The summed E-state index contributed by atoms with van der Waals surface area (Å²) in [7, 11) is 0. The van der Waals surface area contributed by atoms with E-state index in [1.807, 2.05) is 5.38 Å². The fraction of sp³-hybridized carbons (Fsp3) is 0.357. The van der Waals surface area contributed by atoms with Gasteiger partial charge in [-0.25, -0.2) is 9.37 Å². The van der Waals surface area contributed by atoms with Crippen molar-refractivity contribution in [2.75, 3.05) is 5.32 Å². The Balaban J connectivity index is 2.06. The lowest BCUT2D eigenvalue weighted by atomic mass is 9.93. The van der Waals surface area contributed by atoms with Gasteiger partial charge in [0.05, 0.1) is 17.9 Å². The van der Waals surface area contributed by atoms with Crippen LogP contribution in [0.1, 0.15) is 31.5 Å². The van der Waals surface area contributed by atoms with Gasteiger partial charge in [-0.3, -0.25) is 0 Å². The molecule has 0 saturated carbocycles. The van der Waals surface area contributed by atoms with Gasteiger partial charge in [0, 0.05) is 15.8 Å². The molecule has 5 heteroatoms. The van der Waals surface area contributed by atoms with Crippen LogP contribution >= 0.6 is 22.9 Å². The number of hydrogen-bond donors (Lipinski definition) is 1. The summed E-state index contributed by atoms with van der Waals surface area (Å²) in [4.78, 5) is 4.55. The number of nitrogens with zero attached hydrogens (tertiary/aromatic N) is 1. The van der Waals surface area contributed by atoms with Crippen molar-refractivity contribution in [3.63, 3.8) is 0 Å². The van der Waals surface area contributed by atoms with Crippen molar-refractivity contribution in [1.82, 2.24) is 4.98 Å². The minimum absolute atomic E-state index is 0.0378. The molecule has 1 N–H and O–H groups in total. The van der Waals surface area contributed by atoms with E-state index in [-0.39, 0.29) is 11.2 Å². The number of rotatable bonds is 3. The normalized spacial score (nSPS) is 11.6. The van der Waals surface area contributed by atoms with Crippen molar-refractivity contribution in [2.24, 2.45) is 0 Å². The number of anilines is 1. The van der Waals surface area contributed by atoms with Gasteiger partial charge in [-0.2, -0.15) is 0 Å². The molecule has 1 aromatic heterocycles. The predicted molar refractivity (Wildman–Crippen MR) is 79.6 cm³/mol. The van der Waals surface area contributed by atoms with Crippen LogP contribution in [0.25, 0.3) is 0 Å². The van der Waals surface area contributed by atoms with Gasteiger partial charge in [0.1, 0.15) is 10.8 Å². The van der Waals surface area contributed by atoms with Gasteiger partial charge < -0.3 is 5.32 Å². The lowest BCUT2D eigenvalue weighted by molar-refractivity contribution is 0.571. The van der Waals surface area contributed by atoms with Gasteiger partial charge >= 0.3 is 0 Å². The maximum Gasteiger partial charge on any atom is 0.146 e. The lowest BCUT2D eigenvalue weighted by Gasteiger charge is -2.14. The molecule has 19 heavy (non-hydrogen) atoms. The molecule has 2 nitrogen and oxygen atoms in total. The van der Waals surface area contributed by atoms with Gasteiger partial charge in [0.15, 0.2) is 0 Å². The van der Waals surface area contributed by atoms with Crippen molar-refractivity contribution in [1.29, 1.82) is 0 Å². The summed E-state index contributed by atoms with van der Waals surface area (Å²) in [5, 5.41) is 6.52. The van der Waals surface area contributed by atoms with E-state index in [2.05, 4.69) is 31.1 Å². The molecule has 0 spiro atoms. The lowest BCUT2D eigenvalue weighted by Crippen LogP contribution is -2.12. The second kappa shape index (κ2) is 5.47. The van der Waals surface area contributed by atoms with E-state index in [4.69, 9.17) is 11.6 Å². The fourth-order valence-corrected chi connectivity index (χ4v) is 2.67. The summed E-state index contributed by atoms with van der Waals surface area (Å²) in [5.74, 6) is -0.308. The predicted octanol–water partition coefficient (Wildman–Crippen LogP) is 4.85. The van der Waals surface area contributed by atoms with Crippen LogP contribution in [0.15, 0.2) is 23.6 Å². The minimum atomic E-state index is -0.308. The Hall–Kier alpha value is -1.13. The van der Waals surface area contributed by atoms with Crippen molar-refractivity contribution in [3.05, 3.63) is 45.1 Å². The average Bonchev–Trinajstić information content (AvgIpc) is 2.79. The highest BCUT2D eigenvalue weighted by molar-refractivity contribution is 7.09. The Labute approximate surface area is 121 Å². The monoisotopic (exact) mass is 298 g/mol. The van der Waals surface area contributed by atoms with Crippen LogP contribution in [0.2, 0.25) is 5.02 Å². The molecule has 0 aliphatic heterocycles. The van der Waals surface area contributed by atoms with Gasteiger partial charge in [-0.15, -0.1) is 11.3 Å². The molecule has 0 aliphatic carbocycles. The third-order valence-corrected chi connectivity index (χ3v) is 3.76. The Morgan fingerprint density at radius 2 is 2.11 bits per heavy atom. The Kier molecular flexibility index (Phi) is 4.11. The second-order valence-electron chi connectivity index (χ2n) is 5.35. The van der Waals surface area contributed by atoms with E-state index in [1.165, 1.54) is 12.1 Å². The van der Waals surface area contributed by atoms with Crippen molar-refractivity contribution in [3.8, 4) is 0 Å². The summed E-state index contributed by atoms with van der Waals surface area (Å²) in [6.07, 6.45) is 0. The smallest absolute Gasteiger partial charge is 0.146 e. The third-order valence-electron chi connectivity index (χ3n) is 2.68. The third kappa shape index (κ3) is 3.67. The first kappa shape index (κ1) is 14.3. The van der Waals surface area contributed by atoms with E-state index in [1.54, 1.807) is 17.4 Å². The zero-order valence-corrected chi connectivity index (χ0v) is 12.7. The van der Waals surface area contributed by atoms with E-state index in [9.17, 15) is 4.39 Å². The summed E-state index contributed by atoms with van der Waals surface area (Å²) < 4.78 is 13.5. The molecular formula is C14H16ClFN2S. The number of nitrogens with one attached hydrogen (secondary N) is 1. The molecule has 0 bridgehead atoms. The average molecular weight is 299 g/mol. The molecule has 1 aromatic carbocycles. The maximum absolute atomic E-state index is 13.5. The van der Waals surface area contributed by atoms with Gasteiger partial charge in [0.25, 0.3) is 0 Å². The molecule has 0 radical (unpaired) electrons. The minimum Gasteiger partial charge on any atom is -0.376 e. The maximum atomic E-state index is 13.5. The molecule has 0 amide bonds. The van der Waals surface area contributed by atoms with Crippen LogP contribution in [0.3, 0.4) is 0 Å². The van der Waals surface area contributed by atoms with E-state index in [0.717, 1.165) is 10.7 Å². The summed E-state index contributed by atoms with van der Waals surface area (Å²) in [5.41, 5.74) is 1.50. The molecule has 102 valence electrons. The molecule has 0 unspecified atom stereocenters. The van der Waals surface area contributed by atoms with Gasteiger partial charge in [-0.05, 0) is 18.2 Å². The zero-order valence-electron chi connectivity index (χ0n) is 11.1. The van der Waals surface area contributed by atoms with Crippen LogP contribution in [-0.4, -0.2) is 4.98 Å². The molecule has 0 aliphatic rings. The summed E-state index contributed by atoms with van der Waals surface area (Å²) in [6, 6.07) is 4.46. The van der Waals surface area contributed by atoms with E-state index < -0.39 is 0 Å². The molecule has 0 atom stereocenters. The Morgan fingerprint density at radius 3 is 2.74 bits per heavy atom. The SMILES string of the molecule is CC(C)(C)c1csc(CNc2cc(Cl)ccc2F)n1. The molecule has 0 fully saturated rings. The van der Waals surface area contributed by atoms with Crippen LogP contribution in [0.4, 0.5) is 10.1 Å². The number of aromatic nitrogens is 1. The number of halogens is 2. The van der Waals surface area contributed by atoms with Crippen LogP contribution < -0.4 is 5.32 Å². The van der Waals surface area contributed by atoms with Crippen LogP contribution in [-0.2, 0) is 12.0 Å². The Bertz CT molecular complexity index is 575. The molecule has 0 saturated heterocycles. The number of hydrogen-bond acceptors (Lipinski definition) is 3. The first-order valence-corrected chi connectivity index (χ1v) is 7.26. The Morgan fingerprint density at radius 1 is 1.37 bits per heavy atom. The topological polar surface area (TPSA) is 24.9 Å². The van der Waals surface area contributed by atoms with Crippen LogP contribution in [0, 0.1) is 5.82 Å². The van der Waals surface area contributed by atoms with Gasteiger partial charge in [0.2, 0.25) is 0 Å². The highest BCUT2D eigenvalue weighted by Gasteiger charge is 2.17. The molecular weight excluding hydrogens is 283 g/mol. The second-order valence-corrected chi connectivity index (χ2v) is 6.73. The zero-order chi connectivity index (χ0) is 14.0. The molecule has 2 aromatic rings. The first-order valence-electron chi connectivity index (χ1n) is 6.00. The first-order chi connectivity index (χ1) is 8.86. The van der Waals surface area contributed by atoms with Crippen molar-refractivity contribution >= 4 is 28.6 Å². The fourth-order valence-electron chi connectivity index (χ4n) is 1.54. The molecule has 2 rings (SSSR count). The highest BCUT2D eigenvalue weighted by atomic mass is 35.5. The van der Waals surface area contributed by atoms with Crippen LogP contribution in [0.5, 0.6) is 0 Å². The largest absolute Gasteiger partial charge is 0.376 e. The summed E-state index contributed by atoms with van der Waals surface area (Å²) >= 11 is 7.42. The quantitative estimate of drug-likeness (QED) is 0.876. The molecule has 1 heterocycles. The van der Waals surface area contributed by atoms with E-state index >= 15 is 0 Å². The number of thiazole rings is 1. The number of benzene rings is 1. The van der Waals surface area contributed by atoms with Gasteiger partial charge in [-0.1, -0.05) is 32.4 Å². The summed E-state index contributed by atoms with van der Waals surface area (Å²) in [6.45, 7) is 6.86. The van der Waals surface area contributed by atoms with Crippen molar-refractivity contribution < 1.29 is 4.39 Å². The van der Waals surface area contributed by atoms with E-state index in [0.29, 0.717) is 17.3 Å². The standard InChI is InChI=1S/C14H16ClFN2S/c1-14(2,3)12-8-19-13(18-12)7-17-11-6-9(15)4-5-10(11)16/h4-6,8,17H,7H2,1-3H3. The van der Waals surface area contributed by atoms with Crippen molar-refractivity contribution in [2.45, 2.75) is 32.7 Å². The highest BCUT2D eigenvalue weighted by Crippen LogP contribution is 2.25.